The number of methoxy groups -OCH3 is 1. The molecule has 0 aliphatic carbocycles. The Morgan fingerprint density at radius 1 is 1.50 bits per heavy atom. The standard InChI is InChI=1S/C13H19BrN2O2/c1-4-16(2)13(17)9-15-8-10-7-11(18-3)5-6-12(10)14/h5-7,15H,4,8-9H2,1-3H3. The molecule has 0 bridgehead atoms. The van der Waals surface area contributed by atoms with E-state index in [4.69, 9.17) is 4.74 Å². The highest BCUT2D eigenvalue weighted by Gasteiger charge is 2.07. The zero-order valence-electron chi connectivity index (χ0n) is 11.0. The maximum absolute atomic E-state index is 11.6. The first-order valence-electron chi connectivity index (χ1n) is 5.85. The number of rotatable bonds is 6. The van der Waals surface area contributed by atoms with E-state index >= 15 is 0 Å². The van der Waals surface area contributed by atoms with Gasteiger partial charge in [0, 0.05) is 24.6 Å². The number of carbonyl (C=O) groups excluding carboxylic acids is 1. The summed E-state index contributed by atoms with van der Waals surface area (Å²) in [5.74, 6) is 0.906. The van der Waals surface area contributed by atoms with Crippen molar-refractivity contribution in [2.45, 2.75) is 13.5 Å². The molecule has 4 nitrogen and oxygen atoms in total. The number of hydrogen-bond acceptors (Lipinski definition) is 3. The third kappa shape index (κ3) is 4.31. The van der Waals surface area contributed by atoms with Crippen LogP contribution in [-0.2, 0) is 11.3 Å². The SMILES string of the molecule is CCN(C)C(=O)CNCc1cc(OC)ccc1Br. The number of amides is 1. The van der Waals surface area contributed by atoms with Gasteiger partial charge in [-0.25, -0.2) is 0 Å². The van der Waals surface area contributed by atoms with Crippen LogP contribution in [0.1, 0.15) is 12.5 Å². The number of hydrogen-bond donors (Lipinski definition) is 1. The Morgan fingerprint density at radius 3 is 2.83 bits per heavy atom. The molecule has 0 aliphatic rings. The van der Waals surface area contributed by atoms with Crippen LogP contribution in [0.5, 0.6) is 5.75 Å². The van der Waals surface area contributed by atoms with Crippen molar-refractivity contribution in [3.05, 3.63) is 28.2 Å². The van der Waals surface area contributed by atoms with Crippen LogP contribution < -0.4 is 10.1 Å². The van der Waals surface area contributed by atoms with Crippen molar-refractivity contribution in [3.63, 3.8) is 0 Å². The summed E-state index contributed by atoms with van der Waals surface area (Å²) < 4.78 is 6.18. The molecule has 0 heterocycles. The molecule has 0 saturated carbocycles. The van der Waals surface area contributed by atoms with E-state index in [2.05, 4.69) is 21.2 Å². The quantitative estimate of drug-likeness (QED) is 0.873. The van der Waals surface area contributed by atoms with E-state index in [-0.39, 0.29) is 5.91 Å². The van der Waals surface area contributed by atoms with Crippen LogP contribution >= 0.6 is 15.9 Å². The Balaban J connectivity index is 2.51. The minimum Gasteiger partial charge on any atom is -0.497 e. The second-order valence-corrected chi connectivity index (χ2v) is 4.82. The van der Waals surface area contributed by atoms with Gasteiger partial charge in [0.25, 0.3) is 0 Å². The van der Waals surface area contributed by atoms with Gasteiger partial charge in [0.15, 0.2) is 0 Å². The Kier molecular flexibility index (Phi) is 6.15. The molecule has 0 saturated heterocycles. The molecule has 0 atom stereocenters. The molecule has 0 fully saturated rings. The summed E-state index contributed by atoms with van der Waals surface area (Å²) in [4.78, 5) is 13.3. The first-order valence-corrected chi connectivity index (χ1v) is 6.64. The molecule has 0 unspecified atom stereocenters. The fourth-order valence-corrected chi connectivity index (χ4v) is 1.82. The lowest BCUT2D eigenvalue weighted by Crippen LogP contribution is -2.35. The van der Waals surface area contributed by atoms with Crippen LogP contribution in [0.4, 0.5) is 0 Å². The summed E-state index contributed by atoms with van der Waals surface area (Å²) in [6.45, 7) is 3.65. The highest BCUT2D eigenvalue weighted by Crippen LogP contribution is 2.22. The third-order valence-corrected chi connectivity index (χ3v) is 3.52. The molecule has 18 heavy (non-hydrogen) atoms. The highest BCUT2D eigenvalue weighted by molar-refractivity contribution is 9.10. The van der Waals surface area contributed by atoms with Gasteiger partial charge in [0.05, 0.1) is 13.7 Å². The van der Waals surface area contributed by atoms with Gasteiger partial charge in [0.2, 0.25) is 5.91 Å². The van der Waals surface area contributed by atoms with E-state index < -0.39 is 0 Å². The lowest BCUT2D eigenvalue weighted by molar-refractivity contribution is -0.128. The average molecular weight is 315 g/mol. The monoisotopic (exact) mass is 314 g/mol. The molecule has 1 rings (SSSR count). The maximum Gasteiger partial charge on any atom is 0.236 e. The van der Waals surface area contributed by atoms with Gasteiger partial charge in [-0.05, 0) is 30.7 Å². The van der Waals surface area contributed by atoms with Gasteiger partial charge >= 0.3 is 0 Å². The van der Waals surface area contributed by atoms with Crippen molar-refractivity contribution in [1.82, 2.24) is 10.2 Å². The molecule has 1 N–H and O–H groups in total. The Bertz CT molecular complexity index is 410. The maximum atomic E-state index is 11.6. The molecule has 1 amide bonds. The van der Waals surface area contributed by atoms with E-state index in [0.717, 1.165) is 22.3 Å². The molecule has 5 heteroatoms. The molecular weight excluding hydrogens is 296 g/mol. The van der Waals surface area contributed by atoms with Crippen LogP contribution in [0.3, 0.4) is 0 Å². The minimum atomic E-state index is 0.0940. The van der Waals surface area contributed by atoms with Gasteiger partial charge in [-0.3, -0.25) is 4.79 Å². The normalized spacial score (nSPS) is 10.2. The van der Waals surface area contributed by atoms with Gasteiger partial charge in [-0.2, -0.15) is 0 Å². The number of halogens is 1. The van der Waals surface area contributed by atoms with Crippen molar-refractivity contribution in [3.8, 4) is 5.75 Å². The summed E-state index contributed by atoms with van der Waals surface area (Å²) in [5.41, 5.74) is 1.07. The summed E-state index contributed by atoms with van der Waals surface area (Å²) in [5, 5.41) is 3.13. The third-order valence-electron chi connectivity index (χ3n) is 2.74. The van der Waals surface area contributed by atoms with Crippen LogP contribution in [0.2, 0.25) is 0 Å². The summed E-state index contributed by atoms with van der Waals surface area (Å²) in [6.07, 6.45) is 0. The highest BCUT2D eigenvalue weighted by atomic mass is 79.9. The second-order valence-electron chi connectivity index (χ2n) is 3.97. The molecule has 0 aliphatic heterocycles. The number of benzene rings is 1. The first-order chi connectivity index (χ1) is 8.58. The molecule has 0 radical (unpaired) electrons. The van der Waals surface area contributed by atoms with E-state index in [9.17, 15) is 4.79 Å². The number of ether oxygens (including phenoxy) is 1. The zero-order valence-corrected chi connectivity index (χ0v) is 12.6. The van der Waals surface area contributed by atoms with E-state index in [1.807, 2.05) is 25.1 Å². The Morgan fingerprint density at radius 2 is 2.22 bits per heavy atom. The van der Waals surface area contributed by atoms with Crippen LogP contribution in [-0.4, -0.2) is 38.1 Å². The van der Waals surface area contributed by atoms with Gasteiger partial charge in [-0.1, -0.05) is 15.9 Å². The first kappa shape index (κ1) is 15.0. The number of nitrogens with zero attached hydrogens (tertiary/aromatic N) is 1. The fourth-order valence-electron chi connectivity index (χ4n) is 1.43. The van der Waals surface area contributed by atoms with Crippen molar-refractivity contribution >= 4 is 21.8 Å². The van der Waals surface area contributed by atoms with Gasteiger partial charge in [-0.15, -0.1) is 0 Å². The topological polar surface area (TPSA) is 41.6 Å². The lowest BCUT2D eigenvalue weighted by atomic mass is 10.2. The smallest absolute Gasteiger partial charge is 0.236 e. The number of likely N-dealkylation sites (N-methyl/N-ethyl adjacent to an activating group) is 1. The van der Waals surface area contributed by atoms with Gasteiger partial charge in [0.1, 0.15) is 5.75 Å². The van der Waals surface area contributed by atoms with Crippen molar-refractivity contribution < 1.29 is 9.53 Å². The van der Waals surface area contributed by atoms with Crippen molar-refractivity contribution in [1.29, 1.82) is 0 Å². The van der Waals surface area contributed by atoms with Crippen molar-refractivity contribution in [2.75, 3.05) is 27.2 Å². The summed E-state index contributed by atoms with van der Waals surface area (Å²) in [7, 11) is 3.44. The fraction of sp³-hybridized carbons (Fsp3) is 0.462. The predicted molar refractivity (Wildman–Crippen MR) is 75.7 cm³/mol. The molecule has 0 spiro atoms. The summed E-state index contributed by atoms with van der Waals surface area (Å²) >= 11 is 3.48. The zero-order chi connectivity index (χ0) is 13.5. The molecule has 1 aromatic rings. The second kappa shape index (κ2) is 7.38. The van der Waals surface area contributed by atoms with E-state index in [0.29, 0.717) is 13.1 Å². The molecule has 1 aromatic carbocycles. The number of carbonyl (C=O) groups is 1. The minimum absolute atomic E-state index is 0.0940. The Labute approximate surface area is 116 Å². The van der Waals surface area contributed by atoms with E-state index in [1.165, 1.54) is 0 Å². The van der Waals surface area contributed by atoms with Crippen LogP contribution in [0.15, 0.2) is 22.7 Å². The van der Waals surface area contributed by atoms with Gasteiger partial charge < -0.3 is 15.0 Å². The Hall–Kier alpha value is -1.07. The van der Waals surface area contributed by atoms with E-state index in [1.54, 1.807) is 19.1 Å². The lowest BCUT2D eigenvalue weighted by Gasteiger charge is -2.15. The number of nitrogens with one attached hydrogen (secondary N) is 1. The predicted octanol–water partition coefficient (Wildman–Crippen LogP) is 2.03. The largest absolute Gasteiger partial charge is 0.497 e. The summed E-state index contributed by atoms with van der Waals surface area (Å²) in [6, 6.07) is 5.78. The average Bonchev–Trinajstić information content (AvgIpc) is 2.39. The van der Waals surface area contributed by atoms with Crippen LogP contribution in [0.25, 0.3) is 0 Å². The molecule has 0 aromatic heterocycles. The molecule has 100 valence electrons. The van der Waals surface area contributed by atoms with Crippen molar-refractivity contribution in [2.24, 2.45) is 0 Å². The van der Waals surface area contributed by atoms with Crippen LogP contribution in [0, 0.1) is 0 Å². The molecular formula is C13H19BrN2O2.